The quantitative estimate of drug-likeness (QED) is 0.240. The fourth-order valence-corrected chi connectivity index (χ4v) is 5.40. The van der Waals surface area contributed by atoms with Gasteiger partial charge in [0.15, 0.2) is 0 Å². The number of anilines is 1. The largest absolute Gasteiger partial charge is 0.496 e. The van der Waals surface area contributed by atoms with Gasteiger partial charge in [-0.1, -0.05) is 39.5 Å². The van der Waals surface area contributed by atoms with Gasteiger partial charge in [-0.2, -0.15) is 0 Å². The van der Waals surface area contributed by atoms with E-state index in [1.165, 1.54) is 16.7 Å². The Balaban J connectivity index is 1.43. The number of aliphatic hydroxyl groups is 1. The molecule has 1 saturated heterocycles. The molecule has 0 amide bonds. The Labute approximate surface area is 240 Å². The molecule has 1 atom stereocenters. The van der Waals surface area contributed by atoms with E-state index in [1.807, 2.05) is 13.1 Å². The van der Waals surface area contributed by atoms with Crippen molar-refractivity contribution in [3.63, 3.8) is 0 Å². The van der Waals surface area contributed by atoms with E-state index < -0.39 is 0 Å². The monoisotopic (exact) mass is 542 g/mol. The highest BCUT2D eigenvalue weighted by Gasteiger charge is 2.21. The molecule has 40 heavy (non-hydrogen) atoms. The normalized spacial score (nSPS) is 17.8. The van der Waals surface area contributed by atoms with E-state index in [9.17, 15) is 5.11 Å². The van der Waals surface area contributed by atoms with Crippen molar-refractivity contribution in [2.75, 3.05) is 38.6 Å². The summed E-state index contributed by atoms with van der Waals surface area (Å²) in [6.07, 6.45) is 8.55. The first-order valence-electron chi connectivity index (χ1n) is 14.6. The Bertz CT molecular complexity index is 1290. The lowest BCUT2D eigenvalue weighted by atomic mass is 9.87. The molecule has 6 nitrogen and oxygen atoms in total. The van der Waals surface area contributed by atoms with Gasteiger partial charge in [0, 0.05) is 30.6 Å². The van der Waals surface area contributed by atoms with Crippen molar-refractivity contribution in [3.8, 4) is 5.75 Å². The van der Waals surface area contributed by atoms with Crippen molar-refractivity contribution in [2.45, 2.75) is 65.9 Å². The maximum atomic E-state index is 9.76. The maximum Gasteiger partial charge on any atom is 0.125 e. The van der Waals surface area contributed by atoms with Crippen molar-refractivity contribution < 1.29 is 9.84 Å². The first kappa shape index (κ1) is 29.8. The number of nitrogens with zero attached hydrogens (tertiary/aromatic N) is 3. The Morgan fingerprint density at radius 2 is 2.08 bits per heavy atom. The minimum absolute atomic E-state index is 0.125. The number of unbranched alkanes of at least 4 members (excludes halogenated alkanes) is 1. The topological polar surface area (TPSA) is 69.5 Å². The number of β-amino-alcohol motifs (C(OH)–C–C–N with tert-alkyl or cyclic N) is 1. The van der Waals surface area contributed by atoms with Crippen molar-refractivity contribution in [2.24, 2.45) is 15.4 Å². The number of hydrogen-bond acceptors (Lipinski definition) is 6. The first-order valence-corrected chi connectivity index (χ1v) is 14.6. The molecule has 2 heterocycles. The van der Waals surface area contributed by atoms with Crippen molar-refractivity contribution in [1.82, 2.24) is 4.90 Å². The molecule has 2 aliphatic heterocycles. The smallest absolute Gasteiger partial charge is 0.125 e. The molecule has 2 N–H and O–H groups in total. The van der Waals surface area contributed by atoms with Crippen LogP contribution in [0.3, 0.4) is 0 Å². The highest BCUT2D eigenvalue weighted by Crippen LogP contribution is 2.35. The van der Waals surface area contributed by atoms with Crippen LogP contribution in [-0.4, -0.2) is 61.4 Å². The maximum absolute atomic E-state index is 9.76. The van der Waals surface area contributed by atoms with Crippen molar-refractivity contribution in [1.29, 1.82) is 0 Å². The van der Waals surface area contributed by atoms with Crippen LogP contribution < -0.4 is 10.1 Å². The Morgan fingerprint density at radius 3 is 2.75 bits per heavy atom. The first-order chi connectivity index (χ1) is 19.2. The number of rotatable bonds is 11. The number of amidine groups is 1. The number of aliphatic hydroxyl groups excluding tert-OH is 1. The fraction of sp³-hybridized carbons (Fsp3) is 0.471. The van der Waals surface area contributed by atoms with Crippen LogP contribution in [0.5, 0.6) is 5.75 Å². The summed E-state index contributed by atoms with van der Waals surface area (Å²) < 4.78 is 5.82. The highest BCUT2D eigenvalue weighted by molar-refractivity contribution is 6.05. The van der Waals surface area contributed by atoms with Crippen LogP contribution in [0.15, 0.2) is 64.6 Å². The number of benzene rings is 2. The number of hydrogen-bond donors (Lipinski definition) is 2. The molecule has 0 radical (unpaired) electrons. The summed E-state index contributed by atoms with van der Waals surface area (Å²) in [6.45, 7) is 16.7. The van der Waals surface area contributed by atoms with Gasteiger partial charge in [-0.15, -0.1) is 0 Å². The summed E-state index contributed by atoms with van der Waals surface area (Å²) in [7, 11) is 1.74. The number of allylic oxidation sites excluding steroid dienone is 1. The minimum atomic E-state index is -0.158. The molecular formula is C34H46N4O2. The number of likely N-dealkylation sites (tertiary alicyclic amines) is 1. The number of nitrogens with one attached hydrogen (secondary N) is 1. The minimum Gasteiger partial charge on any atom is -0.496 e. The molecule has 214 valence electrons. The van der Waals surface area contributed by atoms with E-state index in [0.29, 0.717) is 6.42 Å². The van der Waals surface area contributed by atoms with E-state index in [1.54, 1.807) is 7.11 Å². The average molecular weight is 543 g/mol. The highest BCUT2D eigenvalue weighted by atomic mass is 16.5. The van der Waals surface area contributed by atoms with Gasteiger partial charge < -0.3 is 20.1 Å². The van der Waals surface area contributed by atoms with Crippen LogP contribution >= 0.6 is 0 Å². The van der Waals surface area contributed by atoms with Gasteiger partial charge in [-0.3, -0.25) is 9.98 Å². The molecule has 1 fully saturated rings. The molecular weight excluding hydrogens is 496 g/mol. The van der Waals surface area contributed by atoms with Crippen molar-refractivity contribution >= 4 is 29.0 Å². The summed E-state index contributed by atoms with van der Waals surface area (Å²) in [5.74, 6) is 1.80. The number of ether oxygens (including phenoxy) is 1. The van der Waals surface area contributed by atoms with E-state index in [-0.39, 0.29) is 11.5 Å². The molecule has 6 heteroatoms. The van der Waals surface area contributed by atoms with Gasteiger partial charge in [0.05, 0.1) is 25.4 Å². The van der Waals surface area contributed by atoms with E-state index in [2.05, 4.69) is 85.0 Å². The molecule has 1 unspecified atom stereocenters. The van der Waals surface area contributed by atoms with Gasteiger partial charge in [0.25, 0.3) is 0 Å². The van der Waals surface area contributed by atoms with Crippen LogP contribution in [0.4, 0.5) is 11.4 Å². The molecule has 0 aliphatic carbocycles. The zero-order valence-electron chi connectivity index (χ0n) is 25.0. The molecule has 0 saturated carbocycles. The van der Waals surface area contributed by atoms with Gasteiger partial charge in [0.1, 0.15) is 11.6 Å². The van der Waals surface area contributed by atoms with Gasteiger partial charge >= 0.3 is 0 Å². The summed E-state index contributed by atoms with van der Waals surface area (Å²) in [6, 6.07) is 12.7. The summed E-state index contributed by atoms with van der Waals surface area (Å²) in [5.41, 5.74) is 7.79. The predicted octanol–water partition coefficient (Wildman–Crippen LogP) is 6.86. The third-order valence-corrected chi connectivity index (χ3v) is 7.78. The second kappa shape index (κ2) is 13.4. The second-order valence-electron chi connectivity index (χ2n) is 12.0. The van der Waals surface area contributed by atoms with Crippen LogP contribution in [-0.2, 0) is 12.8 Å². The van der Waals surface area contributed by atoms with Crippen LogP contribution in [0.1, 0.15) is 63.6 Å². The molecule has 0 spiro atoms. The Morgan fingerprint density at radius 1 is 1.25 bits per heavy atom. The molecule has 0 aromatic heterocycles. The number of methoxy groups -OCH3 is 1. The summed E-state index contributed by atoms with van der Waals surface area (Å²) in [4.78, 5) is 11.7. The van der Waals surface area contributed by atoms with Crippen molar-refractivity contribution in [3.05, 3.63) is 71.3 Å². The molecule has 4 rings (SSSR count). The summed E-state index contributed by atoms with van der Waals surface area (Å²) >= 11 is 0. The molecule has 2 aromatic rings. The van der Waals surface area contributed by atoms with Gasteiger partial charge in [-0.25, -0.2) is 0 Å². The average Bonchev–Trinajstić information content (AvgIpc) is 3.56. The molecule has 0 bridgehead atoms. The van der Waals surface area contributed by atoms with Crippen LogP contribution in [0.25, 0.3) is 5.57 Å². The summed E-state index contributed by atoms with van der Waals surface area (Å²) in [5, 5.41) is 13.2. The van der Waals surface area contributed by atoms with E-state index in [0.717, 1.165) is 86.0 Å². The van der Waals surface area contributed by atoms with Crippen LogP contribution in [0.2, 0.25) is 0 Å². The third kappa shape index (κ3) is 7.92. The lowest BCUT2D eigenvalue weighted by Crippen LogP contribution is -2.23. The fourth-order valence-electron chi connectivity index (χ4n) is 5.40. The van der Waals surface area contributed by atoms with Gasteiger partial charge in [-0.05, 0) is 104 Å². The standard InChI is InChI=1S/C34H46N4O2/c1-7-35-31-19-26(12-8-9-15-38-16-14-29(39)23-38)32(40-6)21-30(31)24(2)17-25-11-10-13-28(18-25)37-33-20-27(22-36-33)34(3,4)5/h7,10-11,13,18-21,29,39H,2,8-9,12,14-17,22-23H2,1,3-6H3,(H,36,37). The third-order valence-electron chi connectivity index (χ3n) is 7.78. The molecule has 2 aromatic carbocycles. The number of aryl methyl sites for hydroxylation is 1. The Hall–Kier alpha value is -3.22. The zero-order valence-corrected chi connectivity index (χ0v) is 25.0. The Kier molecular flexibility index (Phi) is 9.99. The lowest BCUT2D eigenvalue weighted by molar-refractivity contribution is 0.176. The van der Waals surface area contributed by atoms with E-state index >= 15 is 0 Å². The SMILES string of the molecule is C=C(Cc1cccc(NC2=NCC(C(C)(C)C)=C2)c1)c1cc(OC)c(CCCCN2CCC(O)C2)cc1N=CC. The van der Waals surface area contributed by atoms with E-state index in [4.69, 9.17) is 9.73 Å². The predicted molar refractivity (Wildman–Crippen MR) is 169 cm³/mol. The van der Waals surface area contributed by atoms with Gasteiger partial charge in [0.2, 0.25) is 0 Å². The molecule has 2 aliphatic rings. The zero-order chi connectivity index (χ0) is 28.7. The second-order valence-corrected chi connectivity index (χ2v) is 12.0. The number of aliphatic imine (C=N–C) groups is 2. The lowest BCUT2D eigenvalue weighted by Gasteiger charge is -2.18. The van der Waals surface area contributed by atoms with Crippen LogP contribution in [0, 0.1) is 5.41 Å².